The second kappa shape index (κ2) is 6.63. The summed E-state index contributed by atoms with van der Waals surface area (Å²) in [5.41, 5.74) is 6.72. The summed E-state index contributed by atoms with van der Waals surface area (Å²) in [6.07, 6.45) is 4.47. The van der Waals surface area contributed by atoms with Crippen molar-refractivity contribution >= 4 is 5.91 Å². The molecule has 1 aromatic rings. The van der Waals surface area contributed by atoms with Crippen LogP contribution in [0.15, 0.2) is 30.4 Å². The number of methoxy groups -OCH3 is 2. The molecular formula is C16H22N2O3. The zero-order valence-corrected chi connectivity index (χ0v) is 12.7. The van der Waals surface area contributed by atoms with Crippen LogP contribution < -0.4 is 15.2 Å². The largest absolute Gasteiger partial charge is 0.493 e. The van der Waals surface area contributed by atoms with E-state index in [2.05, 4.69) is 0 Å². The van der Waals surface area contributed by atoms with Crippen molar-refractivity contribution in [3.8, 4) is 11.5 Å². The van der Waals surface area contributed by atoms with Gasteiger partial charge in [-0.3, -0.25) is 4.79 Å². The topological polar surface area (TPSA) is 64.8 Å². The van der Waals surface area contributed by atoms with E-state index >= 15 is 0 Å². The first-order valence-corrected chi connectivity index (χ1v) is 6.95. The number of nitrogens with two attached hydrogens (primary N) is 1. The third kappa shape index (κ3) is 3.36. The first-order valence-electron chi connectivity index (χ1n) is 6.95. The molecule has 21 heavy (non-hydrogen) atoms. The van der Waals surface area contributed by atoms with Crippen molar-refractivity contribution in [3.05, 3.63) is 35.9 Å². The van der Waals surface area contributed by atoms with E-state index < -0.39 is 0 Å². The lowest BCUT2D eigenvalue weighted by atomic mass is 10.1. The fourth-order valence-corrected chi connectivity index (χ4v) is 2.61. The van der Waals surface area contributed by atoms with E-state index in [4.69, 9.17) is 15.2 Å². The van der Waals surface area contributed by atoms with Gasteiger partial charge in [-0.15, -0.1) is 0 Å². The molecule has 1 aliphatic carbocycles. The molecule has 1 aromatic carbocycles. The van der Waals surface area contributed by atoms with E-state index in [0.717, 1.165) is 5.56 Å². The van der Waals surface area contributed by atoms with E-state index in [1.54, 1.807) is 26.2 Å². The Labute approximate surface area is 125 Å². The Balaban J connectivity index is 2.11. The Kier molecular flexibility index (Phi) is 4.85. The van der Waals surface area contributed by atoms with Crippen LogP contribution in [0.2, 0.25) is 0 Å². The van der Waals surface area contributed by atoms with Gasteiger partial charge in [0.2, 0.25) is 5.91 Å². The molecule has 0 heterocycles. The first-order chi connectivity index (χ1) is 10.1. The van der Waals surface area contributed by atoms with E-state index in [1.165, 1.54) is 0 Å². The second-order valence-corrected chi connectivity index (χ2v) is 5.24. The summed E-state index contributed by atoms with van der Waals surface area (Å²) in [6.45, 7) is 0.471. The molecule has 5 nitrogen and oxygen atoms in total. The van der Waals surface area contributed by atoms with Gasteiger partial charge in [0.25, 0.3) is 0 Å². The van der Waals surface area contributed by atoms with Crippen molar-refractivity contribution in [2.45, 2.75) is 19.0 Å². The van der Waals surface area contributed by atoms with Gasteiger partial charge >= 0.3 is 0 Å². The predicted octanol–water partition coefficient (Wildman–Crippen LogP) is 1.57. The van der Waals surface area contributed by atoms with Gasteiger partial charge in [-0.05, 0) is 12.5 Å². The second-order valence-electron chi connectivity index (χ2n) is 5.24. The monoisotopic (exact) mass is 290 g/mol. The lowest BCUT2D eigenvalue weighted by Crippen LogP contribution is -2.32. The molecule has 2 atom stereocenters. The van der Waals surface area contributed by atoms with Crippen LogP contribution in [0.3, 0.4) is 0 Å². The zero-order chi connectivity index (χ0) is 15.4. The highest BCUT2D eigenvalue weighted by Crippen LogP contribution is 2.31. The highest BCUT2D eigenvalue weighted by Gasteiger charge is 2.26. The number of ether oxygens (including phenoxy) is 2. The molecule has 0 radical (unpaired) electrons. The molecule has 2 rings (SSSR count). The standard InChI is InChI=1S/C16H22N2O3/c1-18(16(19)11-7-8-13(17)9-11)10-12-5-4-6-14(20-2)15(12)21-3/h4-8,11,13H,9-10,17H2,1-3H3. The van der Waals surface area contributed by atoms with Crippen LogP contribution in [-0.2, 0) is 11.3 Å². The molecule has 0 saturated heterocycles. The van der Waals surface area contributed by atoms with Gasteiger partial charge in [0.15, 0.2) is 11.5 Å². The van der Waals surface area contributed by atoms with Gasteiger partial charge in [0.05, 0.1) is 20.1 Å². The molecule has 0 saturated carbocycles. The van der Waals surface area contributed by atoms with Crippen LogP contribution in [0.5, 0.6) is 11.5 Å². The summed E-state index contributed by atoms with van der Waals surface area (Å²) in [5, 5.41) is 0. The van der Waals surface area contributed by atoms with Crippen molar-refractivity contribution < 1.29 is 14.3 Å². The average molecular weight is 290 g/mol. The van der Waals surface area contributed by atoms with Crippen molar-refractivity contribution in [1.82, 2.24) is 4.90 Å². The van der Waals surface area contributed by atoms with Gasteiger partial charge in [0.1, 0.15) is 0 Å². The number of hydrogen-bond donors (Lipinski definition) is 1. The van der Waals surface area contributed by atoms with E-state index in [1.807, 2.05) is 30.4 Å². The summed E-state index contributed by atoms with van der Waals surface area (Å²) >= 11 is 0. The Hall–Kier alpha value is -2.01. The summed E-state index contributed by atoms with van der Waals surface area (Å²) < 4.78 is 10.7. The summed E-state index contributed by atoms with van der Waals surface area (Å²) in [7, 11) is 4.99. The highest BCUT2D eigenvalue weighted by atomic mass is 16.5. The van der Waals surface area contributed by atoms with Crippen LogP contribution in [0.25, 0.3) is 0 Å². The average Bonchev–Trinajstić information content (AvgIpc) is 2.92. The molecule has 1 aliphatic rings. The maximum Gasteiger partial charge on any atom is 0.229 e. The SMILES string of the molecule is COc1cccc(CN(C)C(=O)C2C=CC(N)C2)c1OC. The summed E-state index contributed by atoms with van der Waals surface area (Å²) in [4.78, 5) is 14.1. The molecule has 2 unspecified atom stereocenters. The normalized spacial score (nSPS) is 20.4. The number of rotatable bonds is 5. The number of nitrogens with zero attached hydrogens (tertiary/aromatic N) is 1. The molecule has 1 amide bonds. The Morgan fingerprint density at radius 2 is 2.10 bits per heavy atom. The molecule has 114 valence electrons. The van der Waals surface area contributed by atoms with Crippen LogP contribution >= 0.6 is 0 Å². The quantitative estimate of drug-likeness (QED) is 0.836. The van der Waals surface area contributed by atoms with Gasteiger partial charge in [-0.2, -0.15) is 0 Å². The Morgan fingerprint density at radius 3 is 2.67 bits per heavy atom. The number of amides is 1. The third-order valence-corrected chi connectivity index (χ3v) is 3.70. The third-order valence-electron chi connectivity index (χ3n) is 3.70. The highest BCUT2D eigenvalue weighted by molar-refractivity contribution is 5.81. The van der Waals surface area contributed by atoms with Crippen molar-refractivity contribution in [3.63, 3.8) is 0 Å². The van der Waals surface area contributed by atoms with Crippen LogP contribution in [-0.4, -0.2) is 38.1 Å². The van der Waals surface area contributed by atoms with E-state index in [-0.39, 0.29) is 17.9 Å². The van der Waals surface area contributed by atoms with Crippen LogP contribution in [0.4, 0.5) is 0 Å². The van der Waals surface area contributed by atoms with Gasteiger partial charge < -0.3 is 20.1 Å². The van der Waals surface area contributed by atoms with Crippen molar-refractivity contribution in [1.29, 1.82) is 0 Å². The molecule has 0 spiro atoms. The smallest absolute Gasteiger partial charge is 0.229 e. The van der Waals surface area contributed by atoms with Crippen molar-refractivity contribution in [2.75, 3.05) is 21.3 Å². The minimum Gasteiger partial charge on any atom is -0.493 e. The lowest BCUT2D eigenvalue weighted by Gasteiger charge is -2.22. The van der Waals surface area contributed by atoms with Crippen LogP contribution in [0, 0.1) is 5.92 Å². The van der Waals surface area contributed by atoms with Crippen LogP contribution in [0.1, 0.15) is 12.0 Å². The lowest BCUT2D eigenvalue weighted by molar-refractivity contribution is -0.133. The summed E-state index contributed by atoms with van der Waals surface area (Å²) in [5.74, 6) is 1.28. The molecule has 0 fully saturated rings. The molecule has 0 aliphatic heterocycles. The van der Waals surface area contributed by atoms with Gasteiger partial charge in [0, 0.05) is 25.2 Å². The minimum absolute atomic E-state index is 0.0151. The molecular weight excluding hydrogens is 268 g/mol. The maximum atomic E-state index is 12.4. The number of para-hydroxylation sites is 1. The number of hydrogen-bond acceptors (Lipinski definition) is 4. The molecule has 5 heteroatoms. The Morgan fingerprint density at radius 1 is 1.33 bits per heavy atom. The molecule has 0 aromatic heterocycles. The van der Waals surface area contributed by atoms with Crippen molar-refractivity contribution in [2.24, 2.45) is 11.7 Å². The minimum atomic E-state index is -0.124. The predicted molar refractivity (Wildman–Crippen MR) is 81.2 cm³/mol. The first kappa shape index (κ1) is 15.4. The molecule has 0 bridgehead atoms. The Bertz CT molecular complexity index is 542. The van der Waals surface area contributed by atoms with Gasteiger partial charge in [-0.25, -0.2) is 0 Å². The maximum absolute atomic E-state index is 12.4. The summed E-state index contributed by atoms with van der Waals surface area (Å²) in [6, 6.07) is 5.64. The fraction of sp³-hybridized carbons (Fsp3) is 0.438. The van der Waals surface area contributed by atoms with Gasteiger partial charge in [-0.1, -0.05) is 24.3 Å². The molecule has 2 N–H and O–H groups in total. The fourth-order valence-electron chi connectivity index (χ4n) is 2.61. The van der Waals surface area contributed by atoms with E-state index in [0.29, 0.717) is 24.5 Å². The number of benzene rings is 1. The van der Waals surface area contributed by atoms with E-state index in [9.17, 15) is 4.79 Å². The number of carbonyl (C=O) groups is 1. The number of carbonyl (C=O) groups excluding carboxylic acids is 1. The zero-order valence-electron chi connectivity index (χ0n) is 12.7.